The van der Waals surface area contributed by atoms with Crippen molar-refractivity contribution >= 4 is 50.6 Å². The number of carbonyl (C=O) groups is 2. The molecule has 0 spiro atoms. The van der Waals surface area contributed by atoms with Gasteiger partial charge in [0.15, 0.2) is 12.4 Å². The van der Waals surface area contributed by atoms with Crippen LogP contribution in [0.2, 0.25) is 10.0 Å². The molecule has 0 saturated carbocycles. The lowest BCUT2D eigenvalue weighted by molar-refractivity contribution is -0.118. The number of ketones is 1. The molecule has 3 rings (SSSR count). The lowest BCUT2D eigenvalue weighted by Crippen LogP contribution is -2.24. The highest BCUT2D eigenvalue weighted by Gasteiger charge is 2.18. The second-order valence-electron chi connectivity index (χ2n) is 7.57. The van der Waals surface area contributed by atoms with Crippen molar-refractivity contribution in [2.24, 2.45) is 0 Å². The molecular formula is C25H24Cl2N2O5S. The van der Waals surface area contributed by atoms with Crippen molar-refractivity contribution in [3.8, 4) is 5.75 Å². The Morgan fingerprint density at radius 2 is 1.71 bits per heavy atom. The number of nitrogens with one attached hydrogen (secondary N) is 2. The minimum atomic E-state index is -3.70. The van der Waals surface area contributed by atoms with Gasteiger partial charge in [-0.25, -0.2) is 13.1 Å². The van der Waals surface area contributed by atoms with E-state index in [-0.39, 0.29) is 32.7 Å². The second-order valence-corrected chi connectivity index (χ2v) is 10.2. The number of sulfonamides is 1. The highest BCUT2D eigenvalue weighted by atomic mass is 35.5. The molecule has 0 bridgehead atoms. The Labute approximate surface area is 214 Å². The highest BCUT2D eigenvalue weighted by molar-refractivity contribution is 7.89. The van der Waals surface area contributed by atoms with Crippen LogP contribution in [0.1, 0.15) is 35.7 Å². The summed E-state index contributed by atoms with van der Waals surface area (Å²) in [5.41, 5.74) is 0.968. The number of rotatable bonds is 11. The molecule has 2 N–H and O–H groups in total. The molecule has 0 atom stereocenters. The zero-order chi connectivity index (χ0) is 25.4. The van der Waals surface area contributed by atoms with Crippen molar-refractivity contribution in [3.05, 3.63) is 87.9 Å². The SMILES string of the molecule is CCCCNS(=O)(=O)c1ccc(OCC(=O)Nc2ccc(Cl)cc2C(=O)c2ccccc2)c(Cl)c1. The maximum Gasteiger partial charge on any atom is 0.262 e. The fraction of sp³-hybridized carbons (Fsp3) is 0.200. The van der Waals surface area contributed by atoms with Gasteiger partial charge in [-0.1, -0.05) is 66.9 Å². The lowest BCUT2D eigenvalue weighted by Gasteiger charge is -2.13. The van der Waals surface area contributed by atoms with Crippen LogP contribution in [-0.4, -0.2) is 33.3 Å². The van der Waals surface area contributed by atoms with Crippen molar-refractivity contribution in [1.29, 1.82) is 0 Å². The van der Waals surface area contributed by atoms with Crippen molar-refractivity contribution in [1.82, 2.24) is 4.72 Å². The molecule has 3 aromatic carbocycles. The topological polar surface area (TPSA) is 102 Å². The average Bonchev–Trinajstić information content (AvgIpc) is 2.84. The molecule has 184 valence electrons. The molecule has 1 amide bonds. The molecule has 0 aliphatic rings. The summed E-state index contributed by atoms with van der Waals surface area (Å²) in [6, 6.07) is 17.2. The van der Waals surface area contributed by atoms with Crippen LogP contribution < -0.4 is 14.8 Å². The quantitative estimate of drug-likeness (QED) is 0.256. The summed E-state index contributed by atoms with van der Waals surface area (Å²) in [4.78, 5) is 25.4. The predicted molar refractivity (Wildman–Crippen MR) is 137 cm³/mol. The first-order valence-corrected chi connectivity index (χ1v) is 13.1. The summed E-state index contributed by atoms with van der Waals surface area (Å²) in [7, 11) is -3.70. The fourth-order valence-corrected chi connectivity index (χ4v) is 4.69. The highest BCUT2D eigenvalue weighted by Crippen LogP contribution is 2.28. The van der Waals surface area contributed by atoms with Gasteiger partial charge in [-0.2, -0.15) is 0 Å². The largest absolute Gasteiger partial charge is 0.482 e. The Balaban J connectivity index is 1.68. The van der Waals surface area contributed by atoms with Crippen LogP contribution in [0.15, 0.2) is 71.6 Å². The number of anilines is 1. The van der Waals surface area contributed by atoms with Gasteiger partial charge in [0, 0.05) is 22.7 Å². The molecule has 3 aromatic rings. The Kier molecular flexibility index (Phi) is 9.28. The summed E-state index contributed by atoms with van der Waals surface area (Å²) in [5.74, 6) is -0.689. The molecule has 0 aliphatic heterocycles. The number of unbranched alkanes of at least 4 members (excludes halogenated alkanes) is 1. The molecule has 0 aromatic heterocycles. The maximum atomic E-state index is 12.9. The van der Waals surface area contributed by atoms with E-state index in [1.54, 1.807) is 36.4 Å². The smallest absolute Gasteiger partial charge is 0.262 e. The monoisotopic (exact) mass is 534 g/mol. The molecule has 7 nitrogen and oxygen atoms in total. The van der Waals surface area contributed by atoms with Crippen LogP contribution in [0.4, 0.5) is 5.69 Å². The third-order valence-electron chi connectivity index (χ3n) is 4.93. The molecule has 0 aliphatic carbocycles. The zero-order valence-electron chi connectivity index (χ0n) is 18.9. The van der Waals surface area contributed by atoms with Gasteiger partial charge < -0.3 is 10.1 Å². The van der Waals surface area contributed by atoms with E-state index in [0.717, 1.165) is 12.8 Å². The first-order valence-electron chi connectivity index (χ1n) is 10.8. The number of hydrogen-bond donors (Lipinski definition) is 2. The van der Waals surface area contributed by atoms with E-state index in [2.05, 4.69) is 10.0 Å². The lowest BCUT2D eigenvalue weighted by atomic mass is 10.0. The molecule has 0 radical (unpaired) electrons. The minimum Gasteiger partial charge on any atom is -0.482 e. The van der Waals surface area contributed by atoms with Crippen molar-refractivity contribution in [2.45, 2.75) is 24.7 Å². The molecule has 0 saturated heterocycles. The Morgan fingerprint density at radius 3 is 2.40 bits per heavy atom. The summed E-state index contributed by atoms with van der Waals surface area (Å²) < 4.78 is 32.7. The second kappa shape index (κ2) is 12.2. The average molecular weight is 535 g/mol. The molecule has 0 fully saturated rings. The van der Waals surface area contributed by atoms with E-state index in [1.807, 2.05) is 6.92 Å². The van der Waals surface area contributed by atoms with Crippen LogP contribution in [0, 0.1) is 0 Å². The summed E-state index contributed by atoms with van der Waals surface area (Å²) in [6.07, 6.45) is 1.57. The van der Waals surface area contributed by atoms with Gasteiger partial charge in [-0.05, 0) is 42.8 Å². The summed E-state index contributed by atoms with van der Waals surface area (Å²) in [6.45, 7) is 1.87. The van der Waals surface area contributed by atoms with Crippen molar-refractivity contribution in [3.63, 3.8) is 0 Å². The first-order chi connectivity index (χ1) is 16.7. The van der Waals surface area contributed by atoms with Crippen LogP contribution >= 0.6 is 23.2 Å². The van der Waals surface area contributed by atoms with Crippen molar-refractivity contribution < 1.29 is 22.7 Å². The molecule has 0 heterocycles. The number of amides is 1. The summed E-state index contributed by atoms with van der Waals surface area (Å²) in [5, 5.41) is 3.05. The van der Waals surface area contributed by atoms with Gasteiger partial charge in [-0.3, -0.25) is 9.59 Å². The third-order valence-corrected chi connectivity index (χ3v) is 6.92. The van der Waals surface area contributed by atoms with Gasteiger partial charge in [0.1, 0.15) is 5.75 Å². The van der Waals surface area contributed by atoms with Crippen LogP contribution in [0.3, 0.4) is 0 Å². The number of halogens is 2. The Morgan fingerprint density at radius 1 is 0.971 bits per heavy atom. The number of carbonyl (C=O) groups excluding carboxylic acids is 2. The standard InChI is InChI=1S/C25H24Cl2N2O5S/c1-2-3-13-28-35(32,33)19-10-12-23(21(27)15-19)34-16-24(30)29-22-11-9-18(26)14-20(22)25(31)17-7-5-4-6-8-17/h4-12,14-15,28H,2-3,13,16H2,1H3,(H,29,30). The van der Waals surface area contributed by atoms with Gasteiger partial charge >= 0.3 is 0 Å². The zero-order valence-corrected chi connectivity index (χ0v) is 21.2. The van der Waals surface area contributed by atoms with E-state index in [0.29, 0.717) is 17.1 Å². The fourth-order valence-electron chi connectivity index (χ4n) is 3.12. The van der Waals surface area contributed by atoms with E-state index >= 15 is 0 Å². The number of ether oxygens (including phenoxy) is 1. The minimum absolute atomic E-state index is 0.000588. The van der Waals surface area contributed by atoms with E-state index in [4.69, 9.17) is 27.9 Å². The summed E-state index contributed by atoms with van der Waals surface area (Å²) >= 11 is 12.3. The normalized spacial score (nSPS) is 11.2. The number of hydrogen-bond acceptors (Lipinski definition) is 5. The molecular weight excluding hydrogens is 511 g/mol. The van der Waals surface area contributed by atoms with Gasteiger partial charge in [-0.15, -0.1) is 0 Å². The maximum absolute atomic E-state index is 12.9. The third kappa shape index (κ3) is 7.29. The van der Waals surface area contributed by atoms with E-state index in [1.165, 1.54) is 30.3 Å². The molecule has 35 heavy (non-hydrogen) atoms. The molecule has 0 unspecified atom stereocenters. The van der Waals surface area contributed by atoms with Gasteiger partial charge in [0.2, 0.25) is 10.0 Å². The Hall–Kier alpha value is -2.91. The van der Waals surface area contributed by atoms with Gasteiger partial charge in [0.25, 0.3) is 5.91 Å². The van der Waals surface area contributed by atoms with Crippen LogP contribution in [-0.2, 0) is 14.8 Å². The Bertz CT molecular complexity index is 1310. The predicted octanol–water partition coefficient (Wildman–Crippen LogP) is 5.32. The van der Waals surface area contributed by atoms with Crippen LogP contribution in [0.5, 0.6) is 5.75 Å². The molecule has 10 heteroatoms. The first kappa shape index (κ1) is 26.7. The number of benzene rings is 3. The van der Waals surface area contributed by atoms with E-state index in [9.17, 15) is 18.0 Å². The van der Waals surface area contributed by atoms with Gasteiger partial charge in [0.05, 0.1) is 15.6 Å². The van der Waals surface area contributed by atoms with E-state index < -0.39 is 22.5 Å². The van der Waals surface area contributed by atoms with Crippen molar-refractivity contribution in [2.75, 3.05) is 18.5 Å². The van der Waals surface area contributed by atoms with Crippen LogP contribution in [0.25, 0.3) is 0 Å².